The number of hydrogen-bond acceptors (Lipinski definition) is 3. The Hall–Kier alpha value is -1.81. The SMILES string of the molecule is NNC(=O)c1cccc(COC(C(F)(F)F)C(F)(F)F)c1. The first-order valence-electron chi connectivity index (χ1n) is 5.40. The number of carbonyl (C=O) groups excluding carboxylic acids is 1. The van der Waals surface area contributed by atoms with Crippen LogP contribution >= 0.6 is 0 Å². The van der Waals surface area contributed by atoms with Crippen LogP contribution in [0.25, 0.3) is 0 Å². The fourth-order valence-electron chi connectivity index (χ4n) is 1.44. The Bertz CT molecular complexity index is 486. The highest BCUT2D eigenvalue weighted by Gasteiger charge is 2.57. The summed E-state index contributed by atoms with van der Waals surface area (Å²) in [5, 5.41) is 0. The van der Waals surface area contributed by atoms with Crippen LogP contribution in [0.5, 0.6) is 0 Å². The van der Waals surface area contributed by atoms with Gasteiger partial charge in [-0.15, -0.1) is 0 Å². The minimum atomic E-state index is -5.58. The van der Waals surface area contributed by atoms with E-state index >= 15 is 0 Å². The lowest BCUT2D eigenvalue weighted by atomic mass is 10.1. The van der Waals surface area contributed by atoms with E-state index in [0.717, 1.165) is 6.07 Å². The number of amides is 1. The first kappa shape index (κ1) is 17.2. The highest BCUT2D eigenvalue weighted by Crippen LogP contribution is 2.36. The fourth-order valence-corrected chi connectivity index (χ4v) is 1.44. The number of rotatable bonds is 4. The van der Waals surface area contributed by atoms with Crippen LogP contribution in [0.3, 0.4) is 0 Å². The summed E-state index contributed by atoms with van der Waals surface area (Å²) in [5.41, 5.74) is 1.73. The second-order valence-electron chi connectivity index (χ2n) is 3.95. The summed E-state index contributed by atoms with van der Waals surface area (Å²) in [4.78, 5) is 11.2. The van der Waals surface area contributed by atoms with Crippen molar-refractivity contribution in [2.24, 2.45) is 5.84 Å². The molecule has 0 unspecified atom stereocenters. The largest absolute Gasteiger partial charge is 0.423 e. The van der Waals surface area contributed by atoms with E-state index in [2.05, 4.69) is 4.74 Å². The average Bonchev–Trinajstić information content (AvgIpc) is 2.35. The normalized spacial score (nSPS) is 12.6. The molecule has 1 rings (SSSR count). The van der Waals surface area contributed by atoms with Crippen molar-refractivity contribution in [2.45, 2.75) is 25.1 Å². The minimum absolute atomic E-state index is 0.0193. The Labute approximate surface area is 114 Å². The third-order valence-corrected chi connectivity index (χ3v) is 2.33. The lowest BCUT2D eigenvalue weighted by Gasteiger charge is -2.23. The van der Waals surface area contributed by atoms with Gasteiger partial charge in [-0.1, -0.05) is 12.1 Å². The van der Waals surface area contributed by atoms with E-state index in [0.29, 0.717) is 0 Å². The molecule has 0 aliphatic carbocycles. The van der Waals surface area contributed by atoms with Crippen LogP contribution in [-0.4, -0.2) is 24.4 Å². The molecule has 1 aromatic carbocycles. The molecule has 118 valence electrons. The summed E-state index contributed by atoms with van der Waals surface area (Å²) < 4.78 is 77.4. The number of nitrogens with two attached hydrogens (primary N) is 1. The van der Waals surface area contributed by atoms with E-state index in [4.69, 9.17) is 5.84 Å². The smallest absolute Gasteiger partial charge is 0.356 e. The van der Waals surface area contributed by atoms with Gasteiger partial charge in [0.1, 0.15) is 0 Å². The van der Waals surface area contributed by atoms with Crippen LogP contribution in [0.1, 0.15) is 15.9 Å². The molecule has 0 spiro atoms. The molecule has 0 aliphatic rings. The topological polar surface area (TPSA) is 64.3 Å². The summed E-state index contributed by atoms with van der Waals surface area (Å²) in [6.07, 6.45) is -15.0. The molecule has 0 aliphatic heterocycles. The number of nitrogens with one attached hydrogen (secondary N) is 1. The number of hydrazine groups is 1. The summed E-state index contributed by atoms with van der Waals surface area (Å²) in [6, 6.07) is 4.86. The van der Waals surface area contributed by atoms with E-state index in [9.17, 15) is 31.1 Å². The molecule has 0 saturated carbocycles. The van der Waals surface area contributed by atoms with Crippen LogP contribution in [-0.2, 0) is 11.3 Å². The zero-order valence-electron chi connectivity index (χ0n) is 10.3. The monoisotopic (exact) mass is 316 g/mol. The highest BCUT2D eigenvalue weighted by atomic mass is 19.4. The molecule has 0 aromatic heterocycles. The molecule has 4 nitrogen and oxygen atoms in total. The summed E-state index contributed by atoms with van der Waals surface area (Å²) >= 11 is 0. The second-order valence-corrected chi connectivity index (χ2v) is 3.95. The number of benzene rings is 1. The third-order valence-electron chi connectivity index (χ3n) is 2.33. The summed E-state index contributed by atoms with van der Waals surface area (Å²) in [7, 11) is 0. The van der Waals surface area contributed by atoms with Crippen LogP contribution in [0.15, 0.2) is 24.3 Å². The zero-order chi connectivity index (χ0) is 16.3. The van der Waals surface area contributed by atoms with Crippen LogP contribution in [0, 0.1) is 0 Å². The fraction of sp³-hybridized carbons (Fsp3) is 0.364. The van der Waals surface area contributed by atoms with Gasteiger partial charge in [0.2, 0.25) is 6.10 Å². The first-order chi connectivity index (χ1) is 9.55. The van der Waals surface area contributed by atoms with Crippen molar-refractivity contribution in [1.29, 1.82) is 0 Å². The molecule has 1 aromatic rings. The Morgan fingerprint density at radius 2 is 1.76 bits per heavy atom. The number of alkyl halides is 6. The first-order valence-corrected chi connectivity index (χ1v) is 5.40. The van der Waals surface area contributed by atoms with Gasteiger partial charge in [0.15, 0.2) is 0 Å². The minimum Gasteiger partial charge on any atom is -0.356 e. The van der Waals surface area contributed by atoms with Crippen LogP contribution < -0.4 is 11.3 Å². The predicted octanol–water partition coefficient (Wildman–Crippen LogP) is 2.30. The van der Waals surface area contributed by atoms with E-state index in [1.54, 1.807) is 5.43 Å². The number of hydrogen-bond donors (Lipinski definition) is 2. The van der Waals surface area contributed by atoms with Crippen molar-refractivity contribution >= 4 is 5.91 Å². The van der Waals surface area contributed by atoms with Gasteiger partial charge in [-0.05, 0) is 17.7 Å². The standard InChI is InChI=1S/C11H10F6N2O2/c12-10(13,14)9(11(15,16)17)21-5-6-2-1-3-7(4-6)8(20)19-18/h1-4,9H,5,18H2,(H,19,20). The number of carbonyl (C=O) groups is 1. The maximum absolute atomic E-state index is 12.3. The lowest BCUT2D eigenvalue weighted by molar-refractivity contribution is -0.324. The Morgan fingerprint density at radius 1 is 1.19 bits per heavy atom. The van der Waals surface area contributed by atoms with E-state index in [1.807, 2.05) is 0 Å². The molecule has 0 radical (unpaired) electrons. The molecule has 21 heavy (non-hydrogen) atoms. The molecule has 0 saturated heterocycles. The van der Waals surface area contributed by atoms with Crippen LogP contribution in [0.4, 0.5) is 26.3 Å². The molecule has 0 fully saturated rings. The zero-order valence-corrected chi connectivity index (χ0v) is 10.3. The van der Waals surface area contributed by atoms with E-state index < -0.39 is 31.0 Å². The number of nitrogen functional groups attached to an aromatic ring is 1. The van der Waals surface area contributed by atoms with E-state index in [-0.39, 0.29) is 11.1 Å². The Balaban J connectivity index is 2.84. The van der Waals surface area contributed by atoms with Gasteiger partial charge in [0, 0.05) is 5.56 Å². The maximum atomic E-state index is 12.3. The molecule has 1 amide bonds. The second kappa shape index (κ2) is 6.31. The van der Waals surface area contributed by atoms with Crippen molar-refractivity contribution < 1.29 is 35.9 Å². The van der Waals surface area contributed by atoms with Crippen molar-refractivity contribution in [2.75, 3.05) is 0 Å². The average molecular weight is 316 g/mol. The molecule has 0 bridgehead atoms. The van der Waals surface area contributed by atoms with Crippen molar-refractivity contribution in [3.8, 4) is 0 Å². The van der Waals surface area contributed by atoms with Gasteiger partial charge in [-0.25, -0.2) is 5.84 Å². The highest BCUT2D eigenvalue weighted by molar-refractivity contribution is 5.93. The van der Waals surface area contributed by atoms with Gasteiger partial charge in [0.25, 0.3) is 5.91 Å². The van der Waals surface area contributed by atoms with Crippen molar-refractivity contribution in [1.82, 2.24) is 5.43 Å². The summed E-state index contributed by atoms with van der Waals surface area (Å²) in [5.74, 6) is 4.13. The van der Waals surface area contributed by atoms with E-state index in [1.165, 1.54) is 18.2 Å². The van der Waals surface area contributed by atoms with Gasteiger partial charge < -0.3 is 4.74 Å². The van der Waals surface area contributed by atoms with Crippen molar-refractivity contribution in [3.05, 3.63) is 35.4 Å². The molecular weight excluding hydrogens is 306 g/mol. The predicted molar refractivity (Wildman–Crippen MR) is 58.8 cm³/mol. The van der Waals surface area contributed by atoms with Gasteiger partial charge in [0.05, 0.1) is 6.61 Å². The quantitative estimate of drug-likeness (QED) is 0.388. The molecule has 0 heterocycles. The summed E-state index contributed by atoms with van der Waals surface area (Å²) in [6.45, 7) is -0.963. The maximum Gasteiger partial charge on any atom is 0.423 e. The van der Waals surface area contributed by atoms with Crippen molar-refractivity contribution in [3.63, 3.8) is 0 Å². The Morgan fingerprint density at radius 3 is 2.24 bits per heavy atom. The third kappa shape index (κ3) is 4.90. The lowest BCUT2D eigenvalue weighted by Crippen LogP contribution is -2.44. The molecule has 0 atom stereocenters. The molecule has 3 N–H and O–H groups in total. The number of halogens is 6. The number of ether oxygens (including phenoxy) is 1. The Kier molecular flexibility index (Phi) is 5.18. The van der Waals surface area contributed by atoms with Gasteiger partial charge >= 0.3 is 12.4 Å². The van der Waals surface area contributed by atoms with Crippen LogP contribution in [0.2, 0.25) is 0 Å². The molecule has 10 heteroatoms. The van der Waals surface area contributed by atoms with Gasteiger partial charge in [-0.2, -0.15) is 26.3 Å². The molecular formula is C11H10F6N2O2. The van der Waals surface area contributed by atoms with Gasteiger partial charge in [-0.3, -0.25) is 10.2 Å².